The Balaban J connectivity index is 2.07. The van der Waals surface area contributed by atoms with Crippen molar-refractivity contribution < 1.29 is 4.79 Å². The van der Waals surface area contributed by atoms with E-state index >= 15 is 0 Å². The van der Waals surface area contributed by atoms with Crippen molar-refractivity contribution in [2.24, 2.45) is 0 Å². The maximum atomic E-state index is 11.8. The monoisotopic (exact) mass is 308 g/mol. The number of hydrogen-bond acceptors (Lipinski definition) is 3. The van der Waals surface area contributed by atoms with E-state index in [2.05, 4.69) is 26.7 Å². The Morgan fingerprint density at radius 2 is 2.00 bits per heavy atom. The summed E-state index contributed by atoms with van der Waals surface area (Å²) in [6, 6.07) is 12.3. The lowest BCUT2D eigenvalue weighted by Gasteiger charge is -2.18. The first-order valence-corrected chi connectivity index (χ1v) is 7.75. The van der Waals surface area contributed by atoms with E-state index in [-0.39, 0.29) is 5.91 Å². The Labute approximate surface area is 135 Å². The van der Waals surface area contributed by atoms with Gasteiger partial charge in [-0.15, -0.1) is 0 Å². The van der Waals surface area contributed by atoms with Crippen LogP contribution in [-0.2, 0) is 11.3 Å². The van der Waals surface area contributed by atoms with Crippen molar-refractivity contribution in [3.63, 3.8) is 0 Å². The average Bonchev–Trinajstić information content (AvgIpc) is 2.84. The Hall–Kier alpha value is -2.69. The van der Waals surface area contributed by atoms with E-state index in [0.717, 1.165) is 23.6 Å². The number of carbonyl (C=O) groups excluding carboxylic acids is 1. The highest BCUT2D eigenvalue weighted by molar-refractivity contribution is 5.93. The van der Waals surface area contributed by atoms with E-state index in [1.165, 1.54) is 5.56 Å². The molecule has 3 aromatic rings. The topological polar surface area (TPSA) is 51.0 Å². The highest BCUT2D eigenvalue weighted by Crippen LogP contribution is 2.22. The zero-order valence-corrected chi connectivity index (χ0v) is 13.7. The molecule has 118 valence electrons. The average molecular weight is 308 g/mol. The molecule has 0 atom stereocenters. The van der Waals surface area contributed by atoms with Crippen molar-refractivity contribution in [1.82, 2.24) is 14.5 Å². The quantitative estimate of drug-likeness (QED) is 0.744. The number of carbonyl (C=O) groups is 1. The number of pyridine rings is 1. The van der Waals surface area contributed by atoms with Crippen molar-refractivity contribution in [1.29, 1.82) is 0 Å². The van der Waals surface area contributed by atoms with Gasteiger partial charge in [0.15, 0.2) is 5.65 Å². The summed E-state index contributed by atoms with van der Waals surface area (Å²) >= 11 is 0. The molecule has 0 saturated heterocycles. The van der Waals surface area contributed by atoms with Crippen molar-refractivity contribution in [2.75, 3.05) is 11.4 Å². The molecule has 0 aliphatic rings. The Kier molecular flexibility index (Phi) is 4.10. The van der Waals surface area contributed by atoms with Gasteiger partial charge in [0.1, 0.15) is 5.82 Å². The zero-order valence-electron chi connectivity index (χ0n) is 13.7. The van der Waals surface area contributed by atoms with Crippen molar-refractivity contribution in [2.45, 2.75) is 27.3 Å². The van der Waals surface area contributed by atoms with Crippen LogP contribution in [0.15, 0.2) is 42.6 Å². The Morgan fingerprint density at radius 3 is 2.65 bits per heavy atom. The van der Waals surface area contributed by atoms with Gasteiger partial charge in [-0.2, -0.15) is 0 Å². The largest absolute Gasteiger partial charge is 0.322 e. The number of aryl methyl sites for hydroxylation is 1. The van der Waals surface area contributed by atoms with Gasteiger partial charge in [0.2, 0.25) is 5.91 Å². The molecule has 1 amide bonds. The predicted octanol–water partition coefficient (Wildman–Crippen LogP) is 3.16. The summed E-state index contributed by atoms with van der Waals surface area (Å²) in [5, 5.41) is 0. The first-order chi connectivity index (χ1) is 11.1. The zero-order chi connectivity index (χ0) is 16.4. The molecule has 0 unspecified atom stereocenters. The fourth-order valence-corrected chi connectivity index (χ4v) is 2.81. The van der Waals surface area contributed by atoms with E-state index in [1.807, 2.05) is 38.1 Å². The summed E-state index contributed by atoms with van der Waals surface area (Å²) in [6.07, 6.45) is 1.71. The van der Waals surface area contributed by atoms with Gasteiger partial charge >= 0.3 is 0 Å². The van der Waals surface area contributed by atoms with Crippen LogP contribution in [0.3, 0.4) is 0 Å². The van der Waals surface area contributed by atoms with Gasteiger partial charge in [-0.3, -0.25) is 4.79 Å². The molecule has 0 saturated carbocycles. The standard InChI is InChI=1S/C18H20N4O/c1-4-21(14(3)23)16-10-17-18(19-11-16)20-13(2)22(17)12-15-8-6-5-7-9-15/h5-11H,4,12H2,1-3H3. The lowest BCUT2D eigenvalue weighted by Crippen LogP contribution is -2.27. The summed E-state index contributed by atoms with van der Waals surface area (Å²) in [7, 11) is 0. The molecule has 0 aliphatic heterocycles. The number of amides is 1. The highest BCUT2D eigenvalue weighted by Gasteiger charge is 2.14. The van der Waals surface area contributed by atoms with Crippen LogP contribution in [0.1, 0.15) is 25.2 Å². The number of anilines is 1. The van der Waals surface area contributed by atoms with E-state index in [1.54, 1.807) is 18.0 Å². The molecule has 0 radical (unpaired) electrons. The maximum Gasteiger partial charge on any atom is 0.223 e. The van der Waals surface area contributed by atoms with Crippen LogP contribution in [0, 0.1) is 6.92 Å². The summed E-state index contributed by atoms with van der Waals surface area (Å²) in [5.74, 6) is 0.930. The minimum atomic E-state index is 0.0134. The lowest BCUT2D eigenvalue weighted by atomic mass is 10.2. The third-order valence-electron chi connectivity index (χ3n) is 3.97. The molecule has 0 spiro atoms. The third kappa shape index (κ3) is 2.95. The fourth-order valence-electron chi connectivity index (χ4n) is 2.81. The Morgan fingerprint density at radius 1 is 1.26 bits per heavy atom. The molecule has 0 aliphatic carbocycles. The van der Waals surface area contributed by atoms with E-state index in [9.17, 15) is 4.79 Å². The molecule has 3 rings (SSSR count). The van der Waals surface area contributed by atoms with Gasteiger partial charge in [0.25, 0.3) is 0 Å². The summed E-state index contributed by atoms with van der Waals surface area (Å²) in [6.45, 7) is 6.86. The second kappa shape index (κ2) is 6.20. The molecule has 0 bridgehead atoms. The van der Waals surface area contributed by atoms with Crippen LogP contribution in [0.4, 0.5) is 5.69 Å². The van der Waals surface area contributed by atoms with Crippen molar-refractivity contribution in [3.8, 4) is 0 Å². The molecule has 1 aromatic carbocycles. The fraction of sp³-hybridized carbons (Fsp3) is 0.278. The molecule has 23 heavy (non-hydrogen) atoms. The predicted molar refractivity (Wildman–Crippen MR) is 91.5 cm³/mol. The Bertz CT molecular complexity index is 839. The smallest absolute Gasteiger partial charge is 0.223 e. The normalized spacial score (nSPS) is 10.9. The number of hydrogen-bond donors (Lipinski definition) is 0. The molecule has 2 aromatic heterocycles. The van der Waals surface area contributed by atoms with E-state index < -0.39 is 0 Å². The van der Waals surface area contributed by atoms with Gasteiger partial charge < -0.3 is 9.47 Å². The number of rotatable bonds is 4. The number of benzene rings is 1. The van der Waals surface area contributed by atoms with Crippen LogP contribution in [-0.4, -0.2) is 27.0 Å². The van der Waals surface area contributed by atoms with Gasteiger partial charge in [0, 0.05) is 20.0 Å². The van der Waals surface area contributed by atoms with Crippen molar-refractivity contribution in [3.05, 3.63) is 54.0 Å². The van der Waals surface area contributed by atoms with E-state index in [0.29, 0.717) is 12.2 Å². The number of imidazole rings is 1. The van der Waals surface area contributed by atoms with Crippen LogP contribution in [0.25, 0.3) is 11.2 Å². The summed E-state index contributed by atoms with van der Waals surface area (Å²) in [4.78, 5) is 22.4. The minimum absolute atomic E-state index is 0.0134. The summed E-state index contributed by atoms with van der Waals surface area (Å²) < 4.78 is 2.13. The van der Waals surface area contributed by atoms with Gasteiger partial charge in [-0.25, -0.2) is 9.97 Å². The first kappa shape index (κ1) is 15.2. The SMILES string of the molecule is CCN(C(C)=O)c1cnc2nc(C)n(Cc3ccccc3)c2c1. The molecular formula is C18H20N4O. The number of aromatic nitrogens is 3. The van der Waals surface area contributed by atoms with Crippen LogP contribution in [0.5, 0.6) is 0 Å². The van der Waals surface area contributed by atoms with Crippen LogP contribution < -0.4 is 4.90 Å². The van der Waals surface area contributed by atoms with Gasteiger partial charge in [0.05, 0.1) is 17.4 Å². The first-order valence-electron chi connectivity index (χ1n) is 7.75. The second-order valence-electron chi connectivity index (χ2n) is 5.53. The lowest BCUT2D eigenvalue weighted by molar-refractivity contribution is -0.116. The van der Waals surface area contributed by atoms with Gasteiger partial charge in [-0.05, 0) is 25.5 Å². The molecule has 0 N–H and O–H groups in total. The number of fused-ring (bicyclic) bond motifs is 1. The number of nitrogens with zero attached hydrogens (tertiary/aromatic N) is 4. The molecule has 5 heteroatoms. The molecule has 5 nitrogen and oxygen atoms in total. The summed E-state index contributed by atoms with van der Waals surface area (Å²) in [5.41, 5.74) is 3.67. The molecule has 0 fully saturated rings. The molecule has 2 heterocycles. The van der Waals surface area contributed by atoms with Gasteiger partial charge in [-0.1, -0.05) is 30.3 Å². The highest BCUT2D eigenvalue weighted by atomic mass is 16.2. The minimum Gasteiger partial charge on any atom is -0.322 e. The van der Waals surface area contributed by atoms with Crippen LogP contribution >= 0.6 is 0 Å². The third-order valence-corrected chi connectivity index (χ3v) is 3.97. The van der Waals surface area contributed by atoms with E-state index in [4.69, 9.17) is 0 Å². The molecular weight excluding hydrogens is 288 g/mol. The van der Waals surface area contributed by atoms with Crippen molar-refractivity contribution >= 4 is 22.8 Å². The second-order valence-corrected chi connectivity index (χ2v) is 5.53. The maximum absolute atomic E-state index is 11.8. The van der Waals surface area contributed by atoms with Crippen LogP contribution in [0.2, 0.25) is 0 Å².